The second kappa shape index (κ2) is 6.29. The summed E-state index contributed by atoms with van der Waals surface area (Å²) in [6.07, 6.45) is 2.10. The summed E-state index contributed by atoms with van der Waals surface area (Å²) in [5.41, 5.74) is 2.68. The first-order valence-corrected chi connectivity index (χ1v) is 8.65. The summed E-state index contributed by atoms with van der Waals surface area (Å²) >= 11 is 5.31. The fourth-order valence-electron chi connectivity index (χ4n) is 2.70. The molecule has 0 fully saturated rings. The Morgan fingerprint density at radius 3 is 3.15 bits per heavy atom. The first-order valence-electron chi connectivity index (χ1n) is 6.92. The molecule has 0 spiro atoms. The maximum atomic E-state index is 5.74. The lowest BCUT2D eigenvalue weighted by atomic mass is 9.99. The topological polar surface area (TPSA) is 21.3 Å². The maximum Gasteiger partial charge on any atom is 0.124 e. The van der Waals surface area contributed by atoms with Gasteiger partial charge in [-0.15, -0.1) is 0 Å². The van der Waals surface area contributed by atoms with Crippen LogP contribution in [-0.4, -0.2) is 12.6 Å². The highest BCUT2D eigenvalue weighted by molar-refractivity contribution is 9.10. The Kier molecular flexibility index (Phi) is 4.44. The van der Waals surface area contributed by atoms with Crippen molar-refractivity contribution in [3.63, 3.8) is 0 Å². The predicted octanol–water partition coefficient (Wildman–Crippen LogP) is 4.56. The summed E-state index contributed by atoms with van der Waals surface area (Å²) < 4.78 is 6.85. The van der Waals surface area contributed by atoms with Gasteiger partial charge in [0.2, 0.25) is 0 Å². The van der Waals surface area contributed by atoms with Crippen molar-refractivity contribution in [2.24, 2.45) is 0 Å². The third kappa shape index (κ3) is 3.25. The number of halogens is 1. The van der Waals surface area contributed by atoms with E-state index in [0.717, 1.165) is 29.7 Å². The van der Waals surface area contributed by atoms with E-state index in [1.165, 1.54) is 11.1 Å². The van der Waals surface area contributed by atoms with E-state index in [1.807, 2.05) is 6.07 Å². The van der Waals surface area contributed by atoms with E-state index in [0.29, 0.717) is 12.1 Å². The fourth-order valence-corrected chi connectivity index (χ4v) is 3.76. The zero-order chi connectivity index (χ0) is 13.9. The van der Waals surface area contributed by atoms with Crippen LogP contribution < -0.4 is 10.1 Å². The summed E-state index contributed by atoms with van der Waals surface area (Å²) in [6.45, 7) is 3.04. The third-order valence-electron chi connectivity index (χ3n) is 3.62. The largest absolute Gasteiger partial charge is 0.493 e. The van der Waals surface area contributed by atoms with Gasteiger partial charge in [-0.25, -0.2) is 0 Å². The van der Waals surface area contributed by atoms with E-state index in [9.17, 15) is 0 Å². The molecule has 20 heavy (non-hydrogen) atoms. The molecule has 2 unspecified atom stereocenters. The van der Waals surface area contributed by atoms with Crippen molar-refractivity contribution in [2.45, 2.75) is 31.8 Å². The van der Waals surface area contributed by atoms with Crippen molar-refractivity contribution < 1.29 is 4.74 Å². The Balaban J connectivity index is 1.71. The smallest absolute Gasteiger partial charge is 0.124 e. The Morgan fingerprint density at radius 1 is 1.45 bits per heavy atom. The molecule has 2 heterocycles. The summed E-state index contributed by atoms with van der Waals surface area (Å²) in [4.78, 5) is 0. The predicted molar refractivity (Wildman–Crippen MR) is 87.6 cm³/mol. The molecule has 0 amide bonds. The Bertz CT molecular complexity index is 570. The molecule has 1 N–H and O–H groups in total. The quantitative estimate of drug-likeness (QED) is 0.871. The number of rotatable bonds is 4. The average Bonchev–Trinajstić information content (AvgIpc) is 2.92. The number of thiophene rings is 1. The van der Waals surface area contributed by atoms with Gasteiger partial charge in [-0.05, 0) is 53.9 Å². The van der Waals surface area contributed by atoms with Gasteiger partial charge >= 0.3 is 0 Å². The normalized spacial score (nSPS) is 19.2. The molecular weight excluding hydrogens is 334 g/mol. The highest BCUT2D eigenvalue weighted by atomic mass is 79.9. The lowest BCUT2D eigenvalue weighted by molar-refractivity contribution is 0.245. The van der Waals surface area contributed by atoms with Crippen LogP contribution in [0.5, 0.6) is 5.75 Å². The molecule has 2 atom stereocenters. The van der Waals surface area contributed by atoms with Crippen LogP contribution in [0.3, 0.4) is 0 Å². The van der Waals surface area contributed by atoms with Gasteiger partial charge in [0.05, 0.1) is 6.61 Å². The van der Waals surface area contributed by atoms with E-state index < -0.39 is 0 Å². The van der Waals surface area contributed by atoms with Crippen LogP contribution in [0, 0.1) is 0 Å². The van der Waals surface area contributed by atoms with Crippen LogP contribution in [0.25, 0.3) is 0 Å². The number of benzene rings is 1. The van der Waals surface area contributed by atoms with E-state index in [2.05, 4.69) is 57.1 Å². The first kappa shape index (κ1) is 14.1. The lowest BCUT2D eigenvalue weighted by Gasteiger charge is -2.29. The van der Waals surface area contributed by atoms with E-state index in [1.54, 1.807) is 11.3 Å². The van der Waals surface area contributed by atoms with Crippen LogP contribution in [-0.2, 0) is 6.42 Å². The van der Waals surface area contributed by atoms with E-state index >= 15 is 0 Å². The minimum atomic E-state index is 0.380. The minimum absolute atomic E-state index is 0.380. The number of fused-ring (bicyclic) bond motifs is 1. The summed E-state index contributed by atoms with van der Waals surface area (Å²) in [5.74, 6) is 1.01. The second-order valence-corrected chi connectivity index (χ2v) is 6.97. The first-order chi connectivity index (χ1) is 9.72. The molecule has 2 aromatic rings. The third-order valence-corrected chi connectivity index (χ3v) is 4.84. The molecule has 1 aliphatic heterocycles. The Morgan fingerprint density at radius 2 is 2.35 bits per heavy atom. The lowest BCUT2D eigenvalue weighted by Crippen LogP contribution is -2.35. The highest BCUT2D eigenvalue weighted by Crippen LogP contribution is 2.34. The zero-order valence-corrected chi connectivity index (χ0v) is 13.8. The van der Waals surface area contributed by atoms with Gasteiger partial charge in [-0.1, -0.05) is 15.9 Å². The van der Waals surface area contributed by atoms with Crippen molar-refractivity contribution >= 4 is 27.3 Å². The summed E-state index contributed by atoms with van der Waals surface area (Å²) in [6, 6.07) is 9.30. The zero-order valence-electron chi connectivity index (χ0n) is 11.4. The fraction of sp³-hybridized carbons (Fsp3) is 0.375. The molecular formula is C16H18BrNOS. The van der Waals surface area contributed by atoms with Crippen molar-refractivity contribution in [1.29, 1.82) is 0 Å². The van der Waals surface area contributed by atoms with Crippen molar-refractivity contribution in [1.82, 2.24) is 5.32 Å². The molecule has 0 radical (unpaired) electrons. The molecule has 3 rings (SSSR count). The van der Waals surface area contributed by atoms with Gasteiger partial charge in [0.25, 0.3) is 0 Å². The molecule has 4 heteroatoms. The minimum Gasteiger partial charge on any atom is -0.493 e. The van der Waals surface area contributed by atoms with Crippen LogP contribution >= 0.6 is 27.3 Å². The van der Waals surface area contributed by atoms with Crippen LogP contribution in [0.2, 0.25) is 0 Å². The van der Waals surface area contributed by atoms with Gasteiger partial charge in [-0.3, -0.25) is 0 Å². The standard InChI is InChI=1S/C16H18BrNOS/c1-11(8-12-5-7-20-10-12)18-15-4-6-19-16-3-2-13(17)9-14(15)16/h2-3,5,7,9-11,15,18H,4,6,8H2,1H3. The maximum absolute atomic E-state index is 5.74. The molecule has 0 saturated heterocycles. The van der Waals surface area contributed by atoms with Crippen LogP contribution in [0.15, 0.2) is 39.5 Å². The summed E-state index contributed by atoms with van der Waals surface area (Å²) in [7, 11) is 0. The van der Waals surface area contributed by atoms with Crippen molar-refractivity contribution in [3.05, 3.63) is 50.6 Å². The van der Waals surface area contributed by atoms with Gasteiger partial charge in [0, 0.05) is 28.5 Å². The Hall–Kier alpha value is -0.840. The number of hydrogen-bond donors (Lipinski definition) is 1. The molecule has 0 aliphatic carbocycles. The number of hydrogen-bond acceptors (Lipinski definition) is 3. The number of ether oxygens (including phenoxy) is 1. The molecule has 2 nitrogen and oxygen atoms in total. The van der Waals surface area contributed by atoms with E-state index in [4.69, 9.17) is 4.74 Å². The molecule has 106 valence electrons. The average molecular weight is 352 g/mol. The second-order valence-electron chi connectivity index (χ2n) is 5.28. The molecule has 0 bridgehead atoms. The van der Waals surface area contributed by atoms with Gasteiger partial charge in [0.15, 0.2) is 0 Å². The molecule has 1 aliphatic rings. The van der Waals surface area contributed by atoms with Crippen LogP contribution in [0.4, 0.5) is 0 Å². The van der Waals surface area contributed by atoms with Crippen molar-refractivity contribution in [2.75, 3.05) is 6.61 Å². The Labute approximate surface area is 132 Å². The molecule has 1 aromatic heterocycles. The SMILES string of the molecule is CC(Cc1ccsc1)NC1CCOc2ccc(Br)cc21. The number of nitrogens with one attached hydrogen (secondary N) is 1. The van der Waals surface area contributed by atoms with Gasteiger partial charge in [0.1, 0.15) is 5.75 Å². The van der Waals surface area contributed by atoms with Crippen molar-refractivity contribution in [3.8, 4) is 5.75 Å². The van der Waals surface area contributed by atoms with E-state index in [-0.39, 0.29) is 0 Å². The van der Waals surface area contributed by atoms with Crippen LogP contribution in [0.1, 0.15) is 30.5 Å². The molecule has 1 aromatic carbocycles. The molecule has 0 saturated carbocycles. The monoisotopic (exact) mass is 351 g/mol. The highest BCUT2D eigenvalue weighted by Gasteiger charge is 2.22. The van der Waals surface area contributed by atoms with Gasteiger partial charge < -0.3 is 10.1 Å². The summed E-state index contributed by atoms with van der Waals surface area (Å²) in [5, 5.41) is 8.11. The van der Waals surface area contributed by atoms with Gasteiger partial charge in [-0.2, -0.15) is 11.3 Å².